The van der Waals surface area contributed by atoms with Gasteiger partial charge in [-0.1, -0.05) is 17.7 Å². The summed E-state index contributed by atoms with van der Waals surface area (Å²) in [5, 5.41) is 3.94. The smallest absolute Gasteiger partial charge is 0.217 e. The Bertz CT molecular complexity index is 371. The van der Waals surface area contributed by atoms with Gasteiger partial charge < -0.3 is 11.1 Å². The normalized spacial score (nSPS) is 10.4. The highest BCUT2D eigenvalue weighted by Gasteiger charge is 1.99. The molecular weight excluding hydrogens is 291 g/mol. The van der Waals surface area contributed by atoms with E-state index < -0.39 is 0 Å². The van der Waals surface area contributed by atoms with Crippen LogP contribution in [0.2, 0.25) is 5.02 Å². The molecule has 0 aromatic heterocycles. The number of primary amides is 1. The molecule has 0 fully saturated rings. The van der Waals surface area contributed by atoms with Gasteiger partial charge in [0.15, 0.2) is 0 Å². The van der Waals surface area contributed by atoms with Crippen LogP contribution in [0.5, 0.6) is 0 Å². The molecule has 0 bridgehead atoms. The lowest BCUT2D eigenvalue weighted by molar-refractivity contribution is -0.118. The molecule has 0 aliphatic heterocycles. The highest BCUT2D eigenvalue weighted by atomic mass is 79.9. The topological polar surface area (TPSA) is 55.1 Å². The second kappa shape index (κ2) is 6.89. The van der Waals surface area contributed by atoms with Crippen LogP contribution in [0.1, 0.15) is 18.4 Å². The molecule has 1 amide bonds. The van der Waals surface area contributed by atoms with Crippen LogP contribution in [0.25, 0.3) is 0 Å². The molecule has 88 valence electrons. The van der Waals surface area contributed by atoms with Gasteiger partial charge in [0.25, 0.3) is 0 Å². The maximum Gasteiger partial charge on any atom is 0.217 e. The Morgan fingerprint density at radius 1 is 1.50 bits per heavy atom. The van der Waals surface area contributed by atoms with E-state index >= 15 is 0 Å². The van der Waals surface area contributed by atoms with Crippen molar-refractivity contribution in [1.82, 2.24) is 5.32 Å². The Hall–Kier alpha value is -0.580. The van der Waals surface area contributed by atoms with Crippen molar-refractivity contribution in [2.75, 3.05) is 6.54 Å². The molecule has 0 aliphatic carbocycles. The minimum atomic E-state index is -0.254. The summed E-state index contributed by atoms with van der Waals surface area (Å²) >= 11 is 9.25. The molecule has 0 atom stereocenters. The van der Waals surface area contributed by atoms with Crippen LogP contribution in [-0.2, 0) is 11.3 Å². The number of carbonyl (C=O) groups is 1. The third-order valence-electron chi connectivity index (χ3n) is 2.09. The van der Waals surface area contributed by atoms with E-state index in [1.54, 1.807) is 0 Å². The molecule has 0 spiro atoms. The first-order valence-corrected chi connectivity index (χ1v) is 6.19. The first-order valence-electron chi connectivity index (χ1n) is 5.02. The monoisotopic (exact) mass is 304 g/mol. The third kappa shape index (κ3) is 4.96. The van der Waals surface area contributed by atoms with Crippen molar-refractivity contribution >= 4 is 33.4 Å². The number of rotatable bonds is 6. The molecule has 3 N–H and O–H groups in total. The second-order valence-electron chi connectivity index (χ2n) is 3.50. The van der Waals surface area contributed by atoms with Gasteiger partial charge in [-0.2, -0.15) is 0 Å². The summed E-state index contributed by atoms with van der Waals surface area (Å²) in [7, 11) is 0. The second-order valence-corrected chi connectivity index (χ2v) is 4.76. The average Bonchev–Trinajstić information content (AvgIpc) is 2.22. The van der Waals surface area contributed by atoms with Crippen molar-refractivity contribution in [2.24, 2.45) is 5.73 Å². The fourth-order valence-electron chi connectivity index (χ4n) is 1.27. The predicted molar refractivity (Wildman–Crippen MR) is 69.3 cm³/mol. The molecule has 1 aromatic carbocycles. The molecule has 0 aliphatic rings. The highest BCUT2D eigenvalue weighted by molar-refractivity contribution is 9.10. The van der Waals surface area contributed by atoms with Gasteiger partial charge in [-0.15, -0.1) is 0 Å². The van der Waals surface area contributed by atoms with Crippen LogP contribution in [0.4, 0.5) is 0 Å². The summed E-state index contributed by atoms with van der Waals surface area (Å²) < 4.78 is 0.894. The average molecular weight is 306 g/mol. The number of hydrogen-bond donors (Lipinski definition) is 2. The largest absolute Gasteiger partial charge is 0.370 e. The fraction of sp³-hybridized carbons (Fsp3) is 0.364. The molecule has 5 heteroatoms. The van der Waals surface area contributed by atoms with Crippen molar-refractivity contribution in [3.8, 4) is 0 Å². The van der Waals surface area contributed by atoms with E-state index in [0.29, 0.717) is 11.4 Å². The SMILES string of the molecule is NC(=O)CCCNCc1ccc(Cl)c(Br)c1. The minimum absolute atomic E-state index is 0.254. The third-order valence-corrected chi connectivity index (χ3v) is 3.30. The summed E-state index contributed by atoms with van der Waals surface area (Å²) in [5.74, 6) is -0.254. The summed E-state index contributed by atoms with van der Waals surface area (Å²) in [6, 6.07) is 5.80. The maximum absolute atomic E-state index is 10.5. The Morgan fingerprint density at radius 3 is 2.88 bits per heavy atom. The van der Waals surface area contributed by atoms with Crippen LogP contribution in [0.15, 0.2) is 22.7 Å². The lowest BCUT2D eigenvalue weighted by Gasteiger charge is -2.05. The first-order chi connectivity index (χ1) is 7.59. The predicted octanol–water partition coefficient (Wildman–Crippen LogP) is 2.46. The fourth-order valence-corrected chi connectivity index (χ4v) is 1.81. The number of nitrogens with two attached hydrogens (primary N) is 1. The first kappa shape index (κ1) is 13.5. The molecule has 3 nitrogen and oxygen atoms in total. The summed E-state index contributed by atoms with van der Waals surface area (Å²) in [6.45, 7) is 1.54. The zero-order valence-corrected chi connectivity index (χ0v) is 11.1. The zero-order valence-electron chi connectivity index (χ0n) is 8.80. The number of halogens is 2. The van der Waals surface area contributed by atoms with Crippen LogP contribution in [0.3, 0.4) is 0 Å². The number of carbonyl (C=O) groups excluding carboxylic acids is 1. The van der Waals surface area contributed by atoms with Crippen LogP contribution in [-0.4, -0.2) is 12.5 Å². The standard InChI is InChI=1S/C11H14BrClN2O/c12-9-6-8(3-4-10(9)13)7-15-5-1-2-11(14)16/h3-4,6,15H,1-2,5,7H2,(H2,14,16). The molecule has 0 unspecified atom stereocenters. The quantitative estimate of drug-likeness (QED) is 0.793. The van der Waals surface area contributed by atoms with Gasteiger partial charge in [-0.25, -0.2) is 0 Å². The molecule has 16 heavy (non-hydrogen) atoms. The van der Waals surface area contributed by atoms with Gasteiger partial charge in [-0.3, -0.25) is 4.79 Å². The van der Waals surface area contributed by atoms with E-state index in [0.717, 1.165) is 29.5 Å². The van der Waals surface area contributed by atoms with Crippen molar-refractivity contribution < 1.29 is 4.79 Å². The number of amides is 1. The van der Waals surface area contributed by atoms with Crippen LogP contribution in [0, 0.1) is 0 Å². The van der Waals surface area contributed by atoms with Gasteiger partial charge in [0.1, 0.15) is 0 Å². The van der Waals surface area contributed by atoms with Crippen LogP contribution < -0.4 is 11.1 Å². The molecule has 0 saturated carbocycles. The Morgan fingerprint density at radius 2 is 2.25 bits per heavy atom. The van der Waals surface area contributed by atoms with Gasteiger partial charge in [0.2, 0.25) is 5.91 Å². The summed E-state index contributed by atoms with van der Waals surface area (Å²) in [4.78, 5) is 10.5. The summed E-state index contributed by atoms with van der Waals surface area (Å²) in [6.07, 6.45) is 1.20. The molecule has 0 heterocycles. The van der Waals surface area contributed by atoms with Crippen molar-refractivity contribution in [2.45, 2.75) is 19.4 Å². The highest BCUT2D eigenvalue weighted by Crippen LogP contribution is 2.22. The van der Waals surface area contributed by atoms with Gasteiger partial charge >= 0.3 is 0 Å². The Balaban J connectivity index is 2.27. The van der Waals surface area contributed by atoms with E-state index in [1.165, 1.54) is 0 Å². The van der Waals surface area contributed by atoms with Crippen molar-refractivity contribution in [1.29, 1.82) is 0 Å². The Labute approximate surface area is 108 Å². The number of nitrogens with one attached hydrogen (secondary N) is 1. The molecular formula is C11H14BrClN2O. The minimum Gasteiger partial charge on any atom is -0.370 e. The number of benzene rings is 1. The van der Waals surface area contributed by atoms with Crippen LogP contribution >= 0.6 is 27.5 Å². The lowest BCUT2D eigenvalue weighted by atomic mass is 10.2. The maximum atomic E-state index is 10.5. The lowest BCUT2D eigenvalue weighted by Crippen LogP contribution is -2.18. The van der Waals surface area contributed by atoms with Gasteiger partial charge in [-0.05, 0) is 46.6 Å². The van der Waals surface area contributed by atoms with E-state index in [2.05, 4.69) is 21.2 Å². The van der Waals surface area contributed by atoms with Gasteiger partial charge in [0, 0.05) is 17.4 Å². The van der Waals surface area contributed by atoms with Crippen molar-refractivity contribution in [3.05, 3.63) is 33.3 Å². The molecule has 1 aromatic rings. The Kier molecular flexibility index (Phi) is 5.80. The van der Waals surface area contributed by atoms with E-state index in [9.17, 15) is 4.79 Å². The number of hydrogen-bond acceptors (Lipinski definition) is 2. The zero-order chi connectivity index (χ0) is 12.0. The van der Waals surface area contributed by atoms with Crippen molar-refractivity contribution in [3.63, 3.8) is 0 Å². The molecule has 0 radical (unpaired) electrons. The summed E-state index contributed by atoms with van der Waals surface area (Å²) in [5.41, 5.74) is 6.18. The van der Waals surface area contributed by atoms with E-state index in [-0.39, 0.29) is 5.91 Å². The van der Waals surface area contributed by atoms with E-state index in [4.69, 9.17) is 17.3 Å². The molecule has 1 rings (SSSR count). The van der Waals surface area contributed by atoms with Gasteiger partial charge in [0.05, 0.1) is 5.02 Å². The molecule has 0 saturated heterocycles. The van der Waals surface area contributed by atoms with E-state index in [1.807, 2.05) is 18.2 Å².